The molecule has 5 nitrogen and oxygen atoms in total. The van der Waals surface area contributed by atoms with E-state index in [9.17, 15) is 10.2 Å². The van der Waals surface area contributed by atoms with Crippen molar-refractivity contribution in [3.8, 4) is 17.6 Å². The van der Waals surface area contributed by atoms with Gasteiger partial charge in [0.15, 0.2) is 11.5 Å². The van der Waals surface area contributed by atoms with Gasteiger partial charge in [-0.15, -0.1) is 0 Å². The van der Waals surface area contributed by atoms with Crippen LogP contribution in [-0.4, -0.2) is 10.2 Å². The van der Waals surface area contributed by atoms with E-state index in [-0.39, 0.29) is 22.8 Å². The normalized spacial score (nSPS) is 12.2. The minimum atomic E-state index is -0.372. The van der Waals surface area contributed by atoms with Crippen LogP contribution < -0.4 is 11.5 Å². The van der Waals surface area contributed by atoms with Crippen molar-refractivity contribution < 1.29 is 10.2 Å². The number of nitriles is 1. The molecule has 0 radical (unpaired) electrons. The highest BCUT2D eigenvalue weighted by molar-refractivity contribution is 5.70. The number of phenols is 2. The summed E-state index contributed by atoms with van der Waals surface area (Å²) < 4.78 is 0. The minimum absolute atomic E-state index is 0.0385. The predicted molar refractivity (Wildman–Crippen MR) is 70.3 cm³/mol. The molecule has 0 bridgehead atoms. The van der Waals surface area contributed by atoms with Gasteiger partial charge in [0, 0.05) is 5.70 Å². The van der Waals surface area contributed by atoms with Crippen molar-refractivity contribution in [2.24, 2.45) is 5.73 Å². The molecule has 0 spiro atoms. The fourth-order valence-corrected chi connectivity index (χ4v) is 1.42. The predicted octanol–water partition coefficient (Wildman–Crippen LogP) is 1.84. The number of nitrogen functional groups attached to an aromatic ring is 1. The highest BCUT2D eigenvalue weighted by Gasteiger charge is 2.06. The van der Waals surface area contributed by atoms with E-state index in [1.165, 1.54) is 18.2 Å². The maximum Gasteiger partial charge on any atom is 0.181 e. The van der Waals surface area contributed by atoms with Gasteiger partial charge < -0.3 is 21.7 Å². The fraction of sp³-hybridized carbons (Fsp3) is 0.154. The molecule has 1 aromatic rings. The van der Waals surface area contributed by atoms with E-state index in [4.69, 9.17) is 16.7 Å². The molecule has 0 aliphatic carbocycles. The number of anilines is 1. The Hall–Kier alpha value is -2.61. The zero-order valence-corrected chi connectivity index (χ0v) is 10.0. The van der Waals surface area contributed by atoms with Crippen molar-refractivity contribution in [1.29, 1.82) is 5.26 Å². The summed E-state index contributed by atoms with van der Waals surface area (Å²) in [5, 5.41) is 27.7. The average Bonchev–Trinajstić information content (AvgIpc) is 2.33. The first kappa shape index (κ1) is 13.5. The van der Waals surface area contributed by atoms with Gasteiger partial charge in [0.1, 0.15) is 6.07 Å². The van der Waals surface area contributed by atoms with Crippen LogP contribution in [-0.2, 0) is 0 Å². The Balaban J connectivity index is 3.23. The Bertz CT molecular complexity index is 531. The first-order valence-electron chi connectivity index (χ1n) is 5.38. The van der Waals surface area contributed by atoms with Crippen molar-refractivity contribution in [3.05, 3.63) is 35.0 Å². The number of hydrogen-bond acceptors (Lipinski definition) is 5. The molecule has 0 saturated carbocycles. The molecule has 0 aromatic heterocycles. The van der Waals surface area contributed by atoms with E-state index < -0.39 is 0 Å². The van der Waals surface area contributed by atoms with Crippen LogP contribution in [0.5, 0.6) is 11.5 Å². The van der Waals surface area contributed by atoms with Gasteiger partial charge in [-0.2, -0.15) is 5.26 Å². The Morgan fingerprint density at radius 3 is 2.61 bits per heavy atom. The molecular formula is C13H15N3O2. The molecule has 0 fully saturated rings. The van der Waals surface area contributed by atoms with Crippen LogP contribution in [0.2, 0.25) is 0 Å². The maximum atomic E-state index is 9.42. The third-order valence-corrected chi connectivity index (χ3v) is 2.31. The summed E-state index contributed by atoms with van der Waals surface area (Å²) in [5.41, 5.74) is 12.4. The Kier molecular flexibility index (Phi) is 4.22. The number of nitrogens with zero attached hydrogens (tertiary/aromatic N) is 1. The molecular weight excluding hydrogens is 230 g/mol. The van der Waals surface area contributed by atoms with Gasteiger partial charge in [0.25, 0.3) is 0 Å². The first-order valence-corrected chi connectivity index (χ1v) is 5.38. The molecule has 5 heteroatoms. The van der Waals surface area contributed by atoms with Crippen LogP contribution in [0.3, 0.4) is 0 Å². The lowest BCUT2D eigenvalue weighted by Crippen LogP contribution is -1.99. The molecule has 94 valence electrons. The number of aromatic hydroxyl groups is 2. The molecule has 0 amide bonds. The quantitative estimate of drug-likeness (QED) is 0.280. The van der Waals surface area contributed by atoms with Crippen molar-refractivity contribution in [2.75, 3.05) is 5.73 Å². The molecule has 0 unspecified atom stereocenters. The lowest BCUT2D eigenvalue weighted by Gasteiger charge is -2.04. The SMILES string of the molecule is CC/C=C(N)/C(C#N)=C/c1cc(N)c(O)c(O)c1. The van der Waals surface area contributed by atoms with Crippen LogP contribution in [0.1, 0.15) is 18.9 Å². The van der Waals surface area contributed by atoms with E-state index in [0.29, 0.717) is 17.7 Å². The molecule has 0 saturated heterocycles. The van der Waals surface area contributed by atoms with Gasteiger partial charge in [-0.25, -0.2) is 0 Å². The van der Waals surface area contributed by atoms with Gasteiger partial charge in [-0.3, -0.25) is 0 Å². The minimum Gasteiger partial charge on any atom is -0.504 e. The molecule has 6 N–H and O–H groups in total. The van der Waals surface area contributed by atoms with Gasteiger partial charge in [-0.1, -0.05) is 13.0 Å². The smallest absolute Gasteiger partial charge is 0.181 e. The Labute approximate surface area is 105 Å². The second-order valence-corrected chi connectivity index (χ2v) is 3.72. The number of benzene rings is 1. The number of nitrogens with two attached hydrogens (primary N) is 2. The van der Waals surface area contributed by atoms with E-state index in [0.717, 1.165) is 0 Å². The summed E-state index contributed by atoms with van der Waals surface area (Å²) in [4.78, 5) is 0. The fourth-order valence-electron chi connectivity index (χ4n) is 1.42. The van der Waals surface area contributed by atoms with E-state index in [1.54, 1.807) is 6.08 Å². The Morgan fingerprint density at radius 1 is 1.44 bits per heavy atom. The van der Waals surface area contributed by atoms with Gasteiger partial charge in [0.05, 0.1) is 11.3 Å². The van der Waals surface area contributed by atoms with Crippen LogP contribution in [0.15, 0.2) is 29.5 Å². The topological polar surface area (TPSA) is 116 Å². The summed E-state index contributed by atoms with van der Waals surface area (Å²) in [6, 6.07) is 4.73. The zero-order chi connectivity index (χ0) is 13.7. The van der Waals surface area contributed by atoms with Gasteiger partial charge >= 0.3 is 0 Å². The molecule has 0 aliphatic rings. The summed E-state index contributed by atoms with van der Waals surface area (Å²) >= 11 is 0. The summed E-state index contributed by atoms with van der Waals surface area (Å²) in [6.07, 6.45) is 3.93. The van der Waals surface area contributed by atoms with Crippen molar-refractivity contribution in [3.63, 3.8) is 0 Å². The number of phenolic OH excluding ortho intramolecular Hbond substituents is 2. The first-order chi connectivity index (χ1) is 8.49. The molecule has 0 aliphatic heterocycles. The molecule has 1 rings (SSSR count). The average molecular weight is 245 g/mol. The van der Waals surface area contributed by atoms with Crippen LogP contribution in [0, 0.1) is 11.3 Å². The summed E-state index contributed by atoms with van der Waals surface area (Å²) in [6.45, 7) is 1.91. The van der Waals surface area contributed by atoms with E-state index in [1.807, 2.05) is 13.0 Å². The molecule has 0 atom stereocenters. The standard InChI is InChI=1S/C13H15N3O2/c1-2-3-10(15)9(7-14)4-8-5-11(16)13(18)12(17)6-8/h3-6,17-18H,2,15-16H2,1H3/b9-4+,10-3-. The van der Waals surface area contributed by atoms with Gasteiger partial charge in [-0.05, 0) is 30.2 Å². The molecule has 0 heterocycles. The van der Waals surface area contributed by atoms with Crippen LogP contribution >= 0.6 is 0 Å². The van der Waals surface area contributed by atoms with E-state index >= 15 is 0 Å². The van der Waals surface area contributed by atoms with Crippen molar-refractivity contribution in [2.45, 2.75) is 13.3 Å². The Morgan fingerprint density at radius 2 is 2.11 bits per heavy atom. The number of hydrogen-bond donors (Lipinski definition) is 4. The lowest BCUT2D eigenvalue weighted by molar-refractivity contribution is 0.405. The van der Waals surface area contributed by atoms with Crippen molar-refractivity contribution >= 4 is 11.8 Å². The lowest BCUT2D eigenvalue weighted by atomic mass is 10.1. The summed E-state index contributed by atoms with van der Waals surface area (Å²) in [5.74, 6) is -0.709. The van der Waals surface area contributed by atoms with Crippen molar-refractivity contribution in [1.82, 2.24) is 0 Å². The zero-order valence-electron chi connectivity index (χ0n) is 10.0. The molecule has 1 aromatic carbocycles. The van der Waals surface area contributed by atoms with Crippen LogP contribution in [0.25, 0.3) is 6.08 Å². The molecule has 18 heavy (non-hydrogen) atoms. The maximum absolute atomic E-state index is 9.42. The van der Waals surface area contributed by atoms with E-state index in [2.05, 4.69) is 0 Å². The second-order valence-electron chi connectivity index (χ2n) is 3.72. The largest absolute Gasteiger partial charge is 0.504 e. The second kappa shape index (κ2) is 5.64. The monoisotopic (exact) mass is 245 g/mol. The third kappa shape index (κ3) is 2.95. The summed E-state index contributed by atoms with van der Waals surface area (Å²) in [7, 11) is 0. The number of allylic oxidation sites excluding steroid dienone is 2. The third-order valence-electron chi connectivity index (χ3n) is 2.31. The highest BCUT2D eigenvalue weighted by Crippen LogP contribution is 2.33. The van der Waals surface area contributed by atoms with Crippen LogP contribution in [0.4, 0.5) is 5.69 Å². The van der Waals surface area contributed by atoms with Gasteiger partial charge in [0.2, 0.25) is 0 Å². The number of rotatable bonds is 3. The highest BCUT2D eigenvalue weighted by atomic mass is 16.3.